The first-order valence-corrected chi connectivity index (χ1v) is 4.99. The molecule has 0 aliphatic carbocycles. The van der Waals surface area contributed by atoms with Crippen molar-refractivity contribution in [2.75, 3.05) is 0 Å². The van der Waals surface area contributed by atoms with Crippen LogP contribution in [0.15, 0.2) is 18.2 Å². The lowest BCUT2D eigenvalue weighted by Crippen LogP contribution is -2.06. The number of aromatic nitrogens is 2. The number of rotatable bonds is 3. The number of fused-ring (bicyclic) bond motifs is 1. The van der Waals surface area contributed by atoms with E-state index in [1.165, 1.54) is 0 Å². The molecule has 0 saturated carbocycles. The second-order valence-corrected chi connectivity index (χ2v) is 3.83. The monoisotopic (exact) mass is 240 g/mol. The lowest BCUT2D eigenvalue weighted by Gasteiger charge is -2.02. The molecular formula is C10H9ClN2O3. The highest BCUT2D eigenvalue weighted by Gasteiger charge is 2.16. The fraction of sp³-hybridized carbons (Fsp3) is 0.200. The molecule has 0 aliphatic rings. The number of hydrogen-bond donors (Lipinski definition) is 3. The highest BCUT2D eigenvalue weighted by Crippen LogP contribution is 2.21. The van der Waals surface area contributed by atoms with Gasteiger partial charge in [0.15, 0.2) is 0 Å². The first-order valence-electron chi connectivity index (χ1n) is 4.61. The Morgan fingerprint density at radius 1 is 1.56 bits per heavy atom. The molecule has 0 bridgehead atoms. The van der Waals surface area contributed by atoms with Gasteiger partial charge in [0.2, 0.25) is 0 Å². The lowest BCUT2D eigenvalue weighted by atomic mass is 10.2. The highest BCUT2D eigenvalue weighted by atomic mass is 35.5. The number of hydrogen-bond acceptors (Lipinski definition) is 3. The molecule has 0 fully saturated rings. The molecule has 1 heterocycles. The van der Waals surface area contributed by atoms with Gasteiger partial charge in [-0.1, -0.05) is 11.6 Å². The molecule has 2 aromatic rings. The third-order valence-electron chi connectivity index (χ3n) is 2.15. The van der Waals surface area contributed by atoms with Gasteiger partial charge in [0.25, 0.3) is 0 Å². The van der Waals surface area contributed by atoms with Crippen molar-refractivity contribution in [3.05, 3.63) is 29.0 Å². The van der Waals surface area contributed by atoms with Crippen molar-refractivity contribution in [2.24, 2.45) is 0 Å². The summed E-state index contributed by atoms with van der Waals surface area (Å²) in [5, 5.41) is 18.6. The molecule has 5 nitrogen and oxygen atoms in total. The summed E-state index contributed by atoms with van der Waals surface area (Å²) in [4.78, 5) is 17.3. The van der Waals surface area contributed by atoms with Crippen molar-refractivity contribution in [3.63, 3.8) is 0 Å². The van der Waals surface area contributed by atoms with E-state index in [2.05, 4.69) is 9.97 Å². The fourth-order valence-corrected chi connectivity index (χ4v) is 1.59. The van der Waals surface area contributed by atoms with Crippen molar-refractivity contribution < 1.29 is 15.0 Å². The molecule has 2 rings (SSSR count). The van der Waals surface area contributed by atoms with Gasteiger partial charge in [-0.05, 0) is 18.2 Å². The summed E-state index contributed by atoms with van der Waals surface area (Å²) in [7, 11) is 0. The molecule has 16 heavy (non-hydrogen) atoms. The number of aromatic amines is 1. The summed E-state index contributed by atoms with van der Waals surface area (Å²) in [5.41, 5.74) is 1.32. The van der Waals surface area contributed by atoms with E-state index in [1.54, 1.807) is 18.2 Å². The maximum atomic E-state index is 10.4. The van der Waals surface area contributed by atoms with Crippen LogP contribution in [0.5, 0.6) is 0 Å². The second kappa shape index (κ2) is 4.11. The molecule has 3 N–H and O–H groups in total. The van der Waals surface area contributed by atoms with Crippen molar-refractivity contribution in [1.82, 2.24) is 9.97 Å². The number of halogens is 1. The van der Waals surface area contributed by atoms with Gasteiger partial charge in [-0.25, -0.2) is 4.98 Å². The Kier molecular flexibility index (Phi) is 2.80. The molecular weight excluding hydrogens is 232 g/mol. The fourth-order valence-electron chi connectivity index (χ4n) is 1.42. The van der Waals surface area contributed by atoms with Gasteiger partial charge in [0.1, 0.15) is 11.9 Å². The van der Waals surface area contributed by atoms with E-state index in [0.29, 0.717) is 16.1 Å². The Morgan fingerprint density at radius 2 is 2.31 bits per heavy atom. The molecule has 0 aliphatic heterocycles. The number of nitrogens with one attached hydrogen (secondary N) is 1. The number of benzene rings is 1. The first-order chi connectivity index (χ1) is 7.56. The Hall–Kier alpha value is -1.59. The molecule has 1 aromatic carbocycles. The molecule has 84 valence electrons. The number of carboxylic acid groups (broad SMARTS) is 1. The second-order valence-electron chi connectivity index (χ2n) is 3.40. The van der Waals surface area contributed by atoms with Crippen molar-refractivity contribution in [2.45, 2.75) is 12.5 Å². The number of carboxylic acids is 1. The highest BCUT2D eigenvalue weighted by molar-refractivity contribution is 6.31. The normalized spacial score (nSPS) is 12.9. The van der Waals surface area contributed by atoms with Gasteiger partial charge in [-0.3, -0.25) is 4.79 Å². The number of imidazole rings is 1. The summed E-state index contributed by atoms with van der Waals surface area (Å²) >= 11 is 5.79. The van der Waals surface area contributed by atoms with Crippen LogP contribution >= 0.6 is 11.6 Å². The summed E-state index contributed by atoms with van der Waals surface area (Å²) in [5.74, 6) is -0.842. The third-order valence-corrected chi connectivity index (χ3v) is 2.38. The average Bonchev–Trinajstić information content (AvgIpc) is 2.59. The van der Waals surface area contributed by atoms with Crippen LogP contribution in [0.1, 0.15) is 18.3 Å². The number of aliphatic hydroxyl groups is 1. The Morgan fingerprint density at radius 3 is 3.00 bits per heavy atom. The van der Waals surface area contributed by atoms with Crippen LogP contribution in [0.3, 0.4) is 0 Å². The van der Waals surface area contributed by atoms with Gasteiger partial charge >= 0.3 is 5.97 Å². The predicted molar refractivity (Wildman–Crippen MR) is 58.3 cm³/mol. The number of aliphatic hydroxyl groups excluding tert-OH is 1. The van der Waals surface area contributed by atoms with E-state index in [1.807, 2.05) is 0 Å². The minimum absolute atomic E-state index is 0.236. The van der Waals surface area contributed by atoms with Gasteiger partial charge in [0.05, 0.1) is 17.5 Å². The molecule has 6 heteroatoms. The maximum absolute atomic E-state index is 10.4. The summed E-state index contributed by atoms with van der Waals surface area (Å²) in [6, 6.07) is 5.05. The van der Waals surface area contributed by atoms with Crippen LogP contribution in [-0.2, 0) is 4.79 Å². The van der Waals surface area contributed by atoms with E-state index >= 15 is 0 Å². The third kappa shape index (κ3) is 2.15. The van der Waals surface area contributed by atoms with Crippen molar-refractivity contribution >= 4 is 28.6 Å². The topological polar surface area (TPSA) is 86.2 Å². The van der Waals surface area contributed by atoms with Crippen LogP contribution in [0.4, 0.5) is 0 Å². The number of carbonyl (C=O) groups is 1. The Bertz CT molecular complexity index is 538. The number of aliphatic carboxylic acids is 1. The lowest BCUT2D eigenvalue weighted by molar-refractivity contribution is -0.139. The van der Waals surface area contributed by atoms with Gasteiger partial charge in [-0.15, -0.1) is 0 Å². The molecule has 0 saturated heterocycles. The first kappa shape index (κ1) is 10.9. The summed E-state index contributed by atoms with van der Waals surface area (Å²) in [6.45, 7) is 0. The minimum Gasteiger partial charge on any atom is -0.481 e. The zero-order valence-electron chi connectivity index (χ0n) is 8.14. The van der Waals surface area contributed by atoms with E-state index in [9.17, 15) is 9.90 Å². The smallest absolute Gasteiger partial charge is 0.306 e. The van der Waals surface area contributed by atoms with Crippen LogP contribution < -0.4 is 0 Å². The molecule has 0 radical (unpaired) electrons. The van der Waals surface area contributed by atoms with E-state index in [0.717, 1.165) is 0 Å². The van der Waals surface area contributed by atoms with Gasteiger partial charge in [0, 0.05) is 5.02 Å². The molecule has 1 atom stereocenters. The zero-order chi connectivity index (χ0) is 11.7. The van der Waals surface area contributed by atoms with E-state index in [-0.39, 0.29) is 12.2 Å². The Labute approximate surface area is 95.7 Å². The van der Waals surface area contributed by atoms with E-state index in [4.69, 9.17) is 16.7 Å². The van der Waals surface area contributed by atoms with Gasteiger partial charge in [-0.2, -0.15) is 0 Å². The number of nitrogens with zero attached hydrogens (tertiary/aromatic N) is 1. The van der Waals surface area contributed by atoms with Crippen LogP contribution in [0.25, 0.3) is 11.0 Å². The zero-order valence-corrected chi connectivity index (χ0v) is 8.90. The molecule has 1 unspecified atom stereocenters. The standard InChI is InChI=1S/C10H9ClN2O3/c11-5-1-2-6-7(3-5)13-10(12-6)8(14)4-9(15)16/h1-3,8,14H,4H2,(H,12,13)(H,15,16). The van der Waals surface area contributed by atoms with Crippen molar-refractivity contribution in [3.8, 4) is 0 Å². The molecule has 1 aromatic heterocycles. The SMILES string of the molecule is O=C(O)CC(O)c1nc2ccc(Cl)cc2[nH]1. The minimum atomic E-state index is -1.14. The average molecular weight is 241 g/mol. The van der Waals surface area contributed by atoms with Crippen LogP contribution in [-0.4, -0.2) is 26.2 Å². The van der Waals surface area contributed by atoms with Crippen molar-refractivity contribution in [1.29, 1.82) is 0 Å². The van der Waals surface area contributed by atoms with Crippen LogP contribution in [0.2, 0.25) is 5.02 Å². The van der Waals surface area contributed by atoms with E-state index < -0.39 is 12.1 Å². The Balaban J connectivity index is 2.35. The summed E-state index contributed by atoms with van der Waals surface area (Å²) < 4.78 is 0. The summed E-state index contributed by atoms with van der Waals surface area (Å²) in [6.07, 6.45) is -1.52. The molecule has 0 amide bonds. The predicted octanol–water partition coefficient (Wildman–Crippen LogP) is 1.72. The van der Waals surface area contributed by atoms with Gasteiger partial charge < -0.3 is 15.2 Å². The number of H-pyrrole nitrogens is 1. The quantitative estimate of drug-likeness (QED) is 0.763. The van der Waals surface area contributed by atoms with Crippen LogP contribution in [0, 0.1) is 0 Å². The molecule has 0 spiro atoms. The maximum Gasteiger partial charge on any atom is 0.306 e. The largest absolute Gasteiger partial charge is 0.481 e.